The summed E-state index contributed by atoms with van der Waals surface area (Å²) in [6.07, 6.45) is 1.79. The summed E-state index contributed by atoms with van der Waals surface area (Å²) in [6.45, 7) is 8.17. The predicted octanol–water partition coefficient (Wildman–Crippen LogP) is 2.32. The number of aromatic nitrogens is 1. The molecule has 1 rings (SSSR count). The lowest BCUT2D eigenvalue weighted by molar-refractivity contribution is 0.0657. The van der Waals surface area contributed by atoms with E-state index in [1.807, 2.05) is 32.9 Å². The largest absolute Gasteiger partial charge is 0.488 e. The maximum Gasteiger partial charge on any atom is 0.129 e. The fraction of sp³-hybridized carbons (Fsp3) is 0.583. The van der Waals surface area contributed by atoms with E-state index in [-0.39, 0.29) is 6.10 Å². The van der Waals surface area contributed by atoms with Crippen molar-refractivity contribution >= 4 is 5.82 Å². The summed E-state index contributed by atoms with van der Waals surface area (Å²) < 4.78 is 11.0. The molecule has 0 amide bonds. The Labute approximate surface area is 97.0 Å². The van der Waals surface area contributed by atoms with Crippen molar-refractivity contribution in [2.75, 3.05) is 25.1 Å². The summed E-state index contributed by atoms with van der Waals surface area (Å²) in [5, 5.41) is 3.14. The molecule has 90 valence electrons. The summed E-state index contributed by atoms with van der Waals surface area (Å²) >= 11 is 0. The van der Waals surface area contributed by atoms with Gasteiger partial charge in [0.05, 0.1) is 6.61 Å². The fourth-order valence-corrected chi connectivity index (χ4v) is 1.31. The molecule has 0 aliphatic carbocycles. The molecule has 16 heavy (non-hydrogen) atoms. The van der Waals surface area contributed by atoms with Gasteiger partial charge < -0.3 is 14.8 Å². The van der Waals surface area contributed by atoms with Gasteiger partial charge in [-0.3, -0.25) is 0 Å². The van der Waals surface area contributed by atoms with E-state index in [2.05, 4.69) is 10.3 Å². The zero-order valence-electron chi connectivity index (χ0n) is 10.2. The minimum Gasteiger partial charge on any atom is -0.488 e. The van der Waals surface area contributed by atoms with Gasteiger partial charge in [0, 0.05) is 25.4 Å². The van der Waals surface area contributed by atoms with E-state index in [4.69, 9.17) is 9.47 Å². The van der Waals surface area contributed by atoms with Crippen LogP contribution in [-0.4, -0.2) is 30.8 Å². The van der Waals surface area contributed by atoms with Crippen molar-refractivity contribution in [1.82, 2.24) is 4.98 Å². The second-order valence-corrected chi connectivity index (χ2v) is 3.50. The minimum absolute atomic E-state index is 0.0526. The van der Waals surface area contributed by atoms with E-state index in [1.165, 1.54) is 0 Å². The monoisotopic (exact) mass is 224 g/mol. The van der Waals surface area contributed by atoms with Crippen LogP contribution in [0.2, 0.25) is 0 Å². The topological polar surface area (TPSA) is 43.4 Å². The average molecular weight is 224 g/mol. The van der Waals surface area contributed by atoms with Gasteiger partial charge in [-0.25, -0.2) is 4.98 Å². The van der Waals surface area contributed by atoms with Gasteiger partial charge in [-0.05, 0) is 26.8 Å². The van der Waals surface area contributed by atoms with E-state index in [9.17, 15) is 0 Å². The standard InChI is InChI=1S/C12H20N2O2/c1-4-13-12-8-11(6-7-14-12)16-10(3)9-15-5-2/h6-8,10H,4-5,9H2,1-3H3,(H,13,14). The van der Waals surface area contributed by atoms with Crippen LogP contribution in [0.25, 0.3) is 0 Å². The van der Waals surface area contributed by atoms with Crippen molar-refractivity contribution in [2.24, 2.45) is 0 Å². The quantitative estimate of drug-likeness (QED) is 0.772. The Morgan fingerprint density at radius 2 is 2.25 bits per heavy atom. The van der Waals surface area contributed by atoms with Crippen molar-refractivity contribution in [3.8, 4) is 5.75 Å². The van der Waals surface area contributed by atoms with Gasteiger partial charge in [-0.15, -0.1) is 0 Å². The van der Waals surface area contributed by atoms with Gasteiger partial charge in [0.25, 0.3) is 0 Å². The molecule has 0 saturated heterocycles. The number of hydrogen-bond acceptors (Lipinski definition) is 4. The average Bonchev–Trinajstić information content (AvgIpc) is 2.27. The van der Waals surface area contributed by atoms with E-state index < -0.39 is 0 Å². The first-order valence-corrected chi connectivity index (χ1v) is 5.70. The lowest BCUT2D eigenvalue weighted by Crippen LogP contribution is -2.19. The van der Waals surface area contributed by atoms with Gasteiger partial charge in [0.1, 0.15) is 17.7 Å². The van der Waals surface area contributed by atoms with Crippen LogP contribution >= 0.6 is 0 Å². The molecule has 4 heteroatoms. The van der Waals surface area contributed by atoms with Crippen molar-refractivity contribution in [3.05, 3.63) is 18.3 Å². The summed E-state index contributed by atoms with van der Waals surface area (Å²) in [6, 6.07) is 3.75. The third-order valence-corrected chi connectivity index (χ3v) is 1.98. The molecule has 0 fully saturated rings. The van der Waals surface area contributed by atoms with E-state index in [0.29, 0.717) is 13.2 Å². The molecule has 1 heterocycles. The van der Waals surface area contributed by atoms with Crippen LogP contribution in [0, 0.1) is 0 Å². The minimum atomic E-state index is 0.0526. The number of hydrogen-bond donors (Lipinski definition) is 1. The third kappa shape index (κ3) is 4.49. The number of pyridine rings is 1. The summed E-state index contributed by atoms with van der Waals surface area (Å²) in [5.74, 6) is 1.65. The van der Waals surface area contributed by atoms with E-state index in [0.717, 1.165) is 18.1 Å². The molecule has 0 bridgehead atoms. The number of nitrogens with zero attached hydrogens (tertiary/aromatic N) is 1. The highest BCUT2D eigenvalue weighted by atomic mass is 16.5. The van der Waals surface area contributed by atoms with Gasteiger partial charge in [-0.1, -0.05) is 0 Å². The molecule has 0 radical (unpaired) electrons. The van der Waals surface area contributed by atoms with E-state index >= 15 is 0 Å². The Morgan fingerprint density at radius 3 is 2.94 bits per heavy atom. The van der Waals surface area contributed by atoms with Gasteiger partial charge in [-0.2, -0.15) is 0 Å². The van der Waals surface area contributed by atoms with Crippen molar-refractivity contribution < 1.29 is 9.47 Å². The Kier molecular flexibility index (Phi) is 5.64. The van der Waals surface area contributed by atoms with Crippen LogP contribution in [0.1, 0.15) is 20.8 Å². The molecule has 4 nitrogen and oxygen atoms in total. The molecule has 1 aromatic heterocycles. The first kappa shape index (κ1) is 12.8. The molecular formula is C12H20N2O2. The van der Waals surface area contributed by atoms with Crippen molar-refractivity contribution in [2.45, 2.75) is 26.9 Å². The van der Waals surface area contributed by atoms with Crippen LogP contribution in [0.3, 0.4) is 0 Å². The maximum atomic E-state index is 5.70. The second kappa shape index (κ2) is 7.06. The highest BCUT2D eigenvalue weighted by Crippen LogP contribution is 2.15. The molecule has 0 spiro atoms. The zero-order valence-corrected chi connectivity index (χ0v) is 10.2. The molecule has 0 aliphatic heterocycles. The van der Waals surface area contributed by atoms with Gasteiger partial charge in [0.2, 0.25) is 0 Å². The summed E-state index contributed by atoms with van der Waals surface area (Å²) in [5.41, 5.74) is 0. The Bertz CT molecular complexity index is 305. The van der Waals surface area contributed by atoms with E-state index in [1.54, 1.807) is 6.20 Å². The smallest absolute Gasteiger partial charge is 0.129 e. The van der Waals surface area contributed by atoms with Crippen LogP contribution in [0.15, 0.2) is 18.3 Å². The molecule has 1 N–H and O–H groups in total. The Balaban J connectivity index is 2.49. The van der Waals surface area contributed by atoms with Crippen molar-refractivity contribution in [3.63, 3.8) is 0 Å². The molecule has 0 aliphatic rings. The highest BCUT2D eigenvalue weighted by molar-refractivity contribution is 5.40. The molecule has 1 atom stereocenters. The first-order chi connectivity index (χ1) is 7.76. The molecule has 1 unspecified atom stereocenters. The number of nitrogens with one attached hydrogen (secondary N) is 1. The van der Waals surface area contributed by atoms with Gasteiger partial charge >= 0.3 is 0 Å². The lowest BCUT2D eigenvalue weighted by Gasteiger charge is -2.14. The molecular weight excluding hydrogens is 204 g/mol. The first-order valence-electron chi connectivity index (χ1n) is 5.70. The normalized spacial score (nSPS) is 12.2. The summed E-state index contributed by atoms with van der Waals surface area (Å²) in [4.78, 5) is 4.18. The molecule has 0 saturated carbocycles. The number of anilines is 1. The van der Waals surface area contributed by atoms with Gasteiger partial charge in [0.15, 0.2) is 0 Å². The maximum absolute atomic E-state index is 5.70. The summed E-state index contributed by atoms with van der Waals surface area (Å²) in [7, 11) is 0. The molecule has 1 aromatic rings. The second-order valence-electron chi connectivity index (χ2n) is 3.50. The van der Waals surface area contributed by atoms with Crippen molar-refractivity contribution in [1.29, 1.82) is 0 Å². The van der Waals surface area contributed by atoms with Crippen LogP contribution in [-0.2, 0) is 4.74 Å². The fourth-order valence-electron chi connectivity index (χ4n) is 1.31. The predicted molar refractivity (Wildman–Crippen MR) is 65.0 cm³/mol. The highest BCUT2D eigenvalue weighted by Gasteiger charge is 2.04. The molecule has 0 aromatic carbocycles. The number of ether oxygens (including phenoxy) is 2. The van der Waals surface area contributed by atoms with Crippen LogP contribution in [0.5, 0.6) is 5.75 Å². The van der Waals surface area contributed by atoms with Crippen LogP contribution in [0.4, 0.5) is 5.82 Å². The lowest BCUT2D eigenvalue weighted by atomic mass is 10.4. The number of rotatable bonds is 7. The third-order valence-electron chi connectivity index (χ3n) is 1.98. The van der Waals surface area contributed by atoms with Crippen LogP contribution < -0.4 is 10.1 Å². The SMILES string of the molecule is CCNc1cc(OC(C)COCC)ccn1. The zero-order chi connectivity index (χ0) is 11.8. The Morgan fingerprint density at radius 1 is 1.44 bits per heavy atom. The Hall–Kier alpha value is -1.29.